The van der Waals surface area contributed by atoms with Gasteiger partial charge in [-0.2, -0.15) is 0 Å². The van der Waals surface area contributed by atoms with Gasteiger partial charge >= 0.3 is 6.03 Å². The van der Waals surface area contributed by atoms with Crippen LogP contribution in [-0.2, 0) is 17.6 Å². The topological polar surface area (TPSA) is 64.3 Å². The highest BCUT2D eigenvalue weighted by Crippen LogP contribution is 2.28. The number of carbonyl (C=O) groups is 1. The number of primary amides is 1. The van der Waals surface area contributed by atoms with E-state index in [-0.39, 0.29) is 0 Å². The van der Waals surface area contributed by atoms with Gasteiger partial charge in [-0.25, -0.2) is 4.79 Å². The van der Waals surface area contributed by atoms with E-state index in [1.165, 1.54) is 5.56 Å². The second-order valence-electron chi connectivity index (χ2n) is 3.92. The third-order valence-electron chi connectivity index (χ3n) is 2.76. The number of hydrogen-bond acceptors (Lipinski definition) is 2. The first-order valence-corrected chi connectivity index (χ1v) is 5.69. The fourth-order valence-electron chi connectivity index (χ4n) is 2.05. The molecule has 0 saturated heterocycles. The molecule has 0 saturated carbocycles. The summed E-state index contributed by atoms with van der Waals surface area (Å²) >= 11 is 0. The average molecular weight is 232 g/mol. The molecule has 17 heavy (non-hydrogen) atoms. The van der Waals surface area contributed by atoms with Crippen molar-refractivity contribution in [1.29, 1.82) is 0 Å². The van der Waals surface area contributed by atoms with E-state index in [1.54, 1.807) is 0 Å². The predicted octanol–water partition coefficient (Wildman–Crippen LogP) is 2.20. The molecular weight excluding hydrogens is 216 g/mol. The van der Waals surface area contributed by atoms with Crippen molar-refractivity contribution in [2.24, 2.45) is 5.73 Å². The van der Waals surface area contributed by atoms with Crippen LogP contribution in [0.3, 0.4) is 0 Å². The highest BCUT2D eigenvalue weighted by Gasteiger charge is 2.15. The van der Waals surface area contributed by atoms with Crippen LogP contribution in [0.4, 0.5) is 10.5 Å². The number of allylic oxidation sites excluding steroid dienone is 2. The molecule has 90 valence electrons. The third kappa shape index (κ3) is 2.58. The fraction of sp³-hybridized carbons (Fsp3) is 0.308. The van der Waals surface area contributed by atoms with Crippen molar-refractivity contribution in [3.63, 3.8) is 0 Å². The van der Waals surface area contributed by atoms with Gasteiger partial charge in [-0.15, -0.1) is 0 Å². The van der Waals surface area contributed by atoms with Gasteiger partial charge in [-0.05, 0) is 36.6 Å². The largest absolute Gasteiger partial charge is 0.498 e. The summed E-state index contributed by atoms with van der Waals surface area (Å²) in [5, 5.41) is 2.65. The van der Waals surface area contributed by atoms with Crippen LogP contribution in [0.25, 0.3) is 0 Å². The molecule has 1 aliphatic carbocycles. The van der Waals surface area contributed by atoms with Gasteiger partial charge in [-0.1, -0.05) is 12.1 Å². The zero-order valence-corrected chi connectivity index (χ0v) is 9.82. The molecule has 2 amide bonds. The van der Waals surface area contributed by atoms with Crippen LogP contribution >= 0.6 is 0 Å². The molecule has 0 heterocycles. The molecule has 3 N–H and O–H groups in total. The number of nitrogens with two attached hydrogens (primary N) is 1. The number of fused-ring (bicyclic) bond motifs is 1. The normalized spacial score (nSPS) is 13.6. The van der Waals surface area contributed by atoms with Gasteiger partial charge in [0.25, 0.3) is 0 Å². The molecule has 2 rings (SSSR count). The Kier molecular flexibility index (Phi) is 3.32. The molecule has 1 aromatic rings. The van der Waals surface area contributed by atoms with Crippen LogP contribution in [0.15, 0.2) is 30.0 Å². The summed E-state index contributed by atoms with van der Waals surface area (Å²) in [7, 11) is 0. The molecule has 4 heteroatoms. The van der Waals surface area contributed by atoms with Crippen LogP contribution in [0.5, 0.6) is 0 Å². The number of amides is 2. The number of nitrogens with one attached hydrogen (secondary N) is 1. The molecule has 0 aromatic heterocycles. The molecule has 0 aliphatic heterocycles. The van der Waals surface area contributed by atoms with Crippen molar-refractivity contribution < 1.29 is 9.53 Å². The van der Waals surface area contributed by atoms with Crippen molar-refractivity contribution in [2.75, 3.05) is 11.9 Å². The summed E-state index contributed by atoms with van der Waals surface area (Å²) in [5.41, 5.74) is 8.24. The highest BCUT2D eigenvalue weighted by molar-refractivity contribution is 5.89. The third-order valence-corrected chi connectivity index (χ3v) is 2.76. The number of anilines is 1. The Morgan fingerprint density at radius 3 is 3.06 bits per heavy atom. The fourth-order valence-corrected chi connectivity index (χ4v) is 2.05. The predicted molar refractivity (Wildman–Crippen MR) is 66.8 cm³/mol. The van der Waals surface area contributed by atoms with Crippen LogP contribution < -0.4 is 11.1 Å². The Balaban J connectivity index is 2.27. The first-order chi connectivity index (χ1) is 8.20. The Morgan fingerprint density at radius 1 is 1.53 bits per heavy atom. The number of hydrogen-bond donors (Lipinski definition) is 2. The van der Waals surface area contributed by atoms with E-state index in [4.69, 9.17) is 10.5 Å². The summed E-state index contributed by atoms with van der Waals surface area (Å²) < 4.78 is 5.52. The van der Waals surface area contributed by atoms with Gasteiger partial charge < -0.3 is 15.8 Å². The molecule has 0 fully saturated rings. The van der Waals surface area contributed by atoms with E-state index in [1.807, 2.05) is 19.1 Å². The maximum Gasteiger partial charge on any atom is 0.316 e. The molecule has 0 unspecified atom stereocenters. The second-order valence-corrected chi connectivity index (χ2v) is 3.92. The smallest absolute Gasteiger partial charge is 0.316 e. The highest BCUT2D eigenvalue weighted by atomic mass is 16.5. The Labute approximate surface area is 100 Å². The lowest BCUT2D eigenvalue weighted by atomic mass is 9.94. The van der Waals surface area contributed by atoms with Crippen molar-refractivity contribution >= 4 is 11.7 Å². The van der Waals surface area contributed by atoms with Gasteiger partial charge in [0.1, 0.15) is 0 Å². The van der Waals surface area contributed by atoms with Crippen LogP contribution in [0.1, 0.15) is 18.1 Å². The summed E-state index contributed by atoms with van der Waals surface area (Å²) in [6, 6.07) is 5.30. The minimum absolute atomic E-state index is 0.536. The number of rotatable bonds is 3. The summed E-state index contributed by atoms with van der Waals surface area (Å²) in [5.74, 6) is 0.957. The number of benzene rings is 1. The van der Waals surface area contributed by atoms with E-state index in [0.29, 0.717) is 13.0 Å². The van der Waals surface area contributed by atoms with E-state index in [0.717, 1.165) is 23.4 Å². The number of ether oxygens (including phenoxy) is 1. The maximum absolute atomic E-state index is 10.9. The number of carbonyl (C=O) groups excluding carboxylic acids is 1. The lowest BCUT2D eigenvalue weighted by Gasteiger charge is -2.20. The average Bonchev–Trinajstić information content (AvgIpc) is 2.29. The summed E-state index contributed by atoms with van der Waals surface area (Å²) in [4.78, 5) is 10.9. The minimum Gasteiger partial charge on any atom is -0.498 e. The molecule has 1 aliphatic rings. The van der Waals surface area contributed by atoms with Gasteiger partial charge in [0.2, 0.25) is 0 Å². The van der Waals surface area contributed by atoms with Crippen molar-refractivity contribution in [3.05, 3.63) is 41.2 Å². The van der Waals surface area contributed by atoms with Crippen LogP contribution in [0.2, 0.25) is 0 Å². The van der Waals surface area contributed by atoms with Crippen molar-refractivity contribution in [1.82, 2.24) is 0 Å². The van der Waals surface area contributed by atoms with Gasteiger partial charge in [0.05, 0.1) is 12.4 Å². The first-order valence-electron chi connectivity index (χ1n) is 5.69. The standard InChI is InChI=1S/C13H16N2O2/c1-2-17-10-7-6-9-4-3-5-12(11(9)8-10)15-13(14)16/h3-5,7H,2,6,8H2,1H3,(H3,14,15,16). The zero-order chi connectivity index (χ0) is 12.3. The molecule has 4 nitrogen and oxygen atoms in total. The first kappa shape index (κ1) is 11.5. The molecule has 0 spiro atoms. The number of urea groups is 1. The maximum atomic E-state index is 10.9. The SMILES string of the molecule is CCOC1=CCc2cccc(NC(N)=O)c2C1. The van der Waals surface area contributed by atoms with Crippen LogP contribution in [0, 0.1) is 0 Å². The molecular formula is C13H16N2O2. The van der Waals surface area contributed by atoms with Crippen molar-refractivity contribution in [2.45, 2.75) is 19.8 Å². The lowest BCUT2D eigenvalue weighted by molar-refractivity contribution is 0.220. The van der Waals surface area contributed by atoms with Crippen LogP contribution in [-0.4, -0.2) is 12.6 Å². The van der Waals surface area contributed by atoms with Gasteiger partial charge in [-0.3, -0.25) is 0 Å². The van der Waals surface area contributed by atoms with E-state index in [9.17, 15) is 4.79 Å². The summed E-state index contributed by atoms with van der Waals surface area (Å²) in [6.07, 6.45) is 3.62. The minimum atomic E-state index is -0.536. The molecule has 1 aromatic carbocycles. The zero-order valence-electron chi connectivity index (χ0n) is 9.82. The van der Waals surface area contributed by atoms with Crippen molar-refractivity contribution in [3.8, 4) is 0 Å². The second kappa shape index (κ2) is 4.91. The Bertz CT molecular complexity index is 466. The van der Waals surface area contributed by atoms with E-state index in [2.05, 4.69) is 17.5 Å². The Hall–Kier alpha value is -1.97. The van der Waals surface area contributed by atoms with E-state index >= 15 is 0 Å². The molecule has 0 radical (unpaired) electrons. The molecule has 0 atom stereocenters. The molecule has 0 bridgehead atoms. The monoisotopic (exact) mass is 232 g/mol. The van der Waals surface area contributed by atoms with E-state index < -0.39 is 6.03 Å². The lowest BCUT2D eigenvalue weighted by Crippen LogP contribution is -2.21. The van der Waals surface area contributed by atoms with Gasteiger partial charge in [0, 0.05) is 12.1 Å². The Morgan fingerprint density at radius 2 is 2.35 bits per heavy atom. The van der Waals surface area contributed by atoms with Gasteiger partial charge in [0.15, 0.2) is 0 Å². The quantitative estimate of drug-likeness (QED) is 0.839. The summed E-state index contributed by atoms with van der Waals surface area (Å²) in [6.45, 7) is 2.62.